The van der Waals surface area contributed by atoms with E-state index in [-0.39, 0.29) is 11.8 Å². The molecule has 0 aliphatic carbocycles. The molecule has 2 atom stereocenters. The predicted octanol–water partition coefficient (Wildman–Crippen LogP) is 3.81. The first-order valence-electron chi connectivity index (χ1n) is 9.03. The molecule has 25 heavy (non-hydrogen) atoms. The summed E-state index contributed by atoms with van der Waals surface area (Å²) in [5, 5.41) is 0.619. The molecule has 1 aromatic rings. The Morgan fingerprint density at radius 1 is 1.04 bits per heavy atom. The van der Waals surface area contributed by atoms with Crippen LogP contribution in [0.2, 0.25) is 5.02 Å². The van der Waals surface area contributed by atoms with Crippen molar-refractivity contribution in [1.82, 2.24) is 9.80 Å². The summed E-state index contributed by atoms with van der Waals surface area (Å²) in [7, 11) is 0. The molecule has 3 rings (SSSR count). The molecule has 1 aromatic carbocycles. The standard InChI is InChI=1S/C20H25ClN2O2/c1-4-9-23-19(24)17(15-5-7-16(21)8-6-15)18(20(23)25)22-11-13(2)10-14(3)12-22/h5-8,13-14H,4,9-12H2,1-3H3. The third-order valence-electron chi connectivity index (χ3n) is 4.91. The Morgan fingerprint density at radius 2 is 1.64 bits per heavy atom. The number of carbonyl (C=O) groups is 2. The summed E-state index contributed by atoms with van der Waals surface area (Å²) >= 11 is 6.00. The van der Waals surface area contributed by atoms with Gasteiger partial charge in [0.05, 0.1) is 5.57 Å². The van der Waals surface area contributed by atoms with Gasteiger partial charge in [0.1, 0.15) is 5.70 Å². The van der Waals surface area contributed by atoms with Crippen molar-refractivity contribution in [2.24, 2.45) is 11.8 Å². The molecule has 0 N–H and O–H groups in total. The minimum absolute atomic E-state index is 0.155. The van der Waals surface area contributed by atoms with Crippen LogP contribution in [0.15, 0.2) is 30.0 Å². The van der Waals surface area contributed by atoms with Crippen LogP contribution in [0.5, 0.6) is 0 Å². The zero-order valence-corrected chi connectivity index (χ0v) is 15.8. The lowest BCUT2D eigenvalue weighted by molar-refractivity contribution is -0.137. The van der Waals surface area contributed by atoms with Gasteiger partial charge in [-0.05, 0) is 42.4 Å². The first kappa shape index (κ1) is 18.0. The molecule has 2 amide bonds. The number of halogens is 1. The molecule has 0 bridgehead atoms. The van der Waals surface area contributed by atoms with Crippen LogP contribution in [0.1, 0.15) is 39.2 Å². The highest BCUT2D eigenvalue weighted by Gasteiger charge is 2.42. The van der Waals surface area contributed by atoms with Gasteiger partial charge in [0.15, 0.2) is 0 Å². The second kappa shape index (κ2) is 7.20. The van der Waals surface area contributed by atoms with Crippen LogP contribution in [-0.2, 0) is 9.59 Å². The molecular formula is C20H25ClN2O2. The van der Waals surface area contributed by atoms with E-state index in [0.29, 0.717) is 34.7 Å². The summed E-state index contributed by atoms with van der Waals surface area (Å²) in [6.07, 6.45) is 1.91. The molecule has 0 radical (unpaired) electrons. The smallest absolute Gasteiger partial charge is 0.277 e. The average molecular weight is 361 g/mol. The number of likely N-dealkylation sites (tertiary alicyclic amines) is 1. The Morgan fingerprint density at radius 3 is 2.20 bits per heavy atom. The van der Waals surface area contributed by atoms with E-state index in [2.05, 4.69) is 18.7 Å². The summed E-state index contributed by atoms with van der Waals surface area (Å²) in [4.78, 5) is 29.6. The Hall–Kier alpha value is -1.81. The van der Waals surface area contributed by atoms with Gasteiger partial charge in [-0.25, -0.2) is 0 Å². The number of piperidine rings is 1. The van der Waals surface area contributed by atoms with Crippen molar-refractivity contribution < 1.29 is 9.59 Å². The molecule has 0 spiro atoms. The number of rotatable bonds is 4. The largest absolute Gasteiger partial charge is 0.366 e. The number of carbonyl (C=O) groups excluding carboxylic acids is 2. The number of hydrogen-bond acceptors (Lipinski definition) is 3. The fraction of sp³-hybridized carbons (Fsp3) is 0.500. The quantitative estimate of drug-likeness (QED) is 0.767. The number of imide groups is 1. The first-order chi connectivity index (χ1) is 11.9. The number of hydrogen-bond donors (Lipinski definition) is 0. The fourth-order valence-electron chi connectivity index (χ4n) is 4.01. The molecule has 4 nitrogen and oxygen atoms in total. The normalized spacial score (nSPS) is 24.5. The van der Waals surface area contributed by atoms with Crippen LogP contribution in [0.4, 0.5) is 0 Å². The van der Waals surface area contributed by atoms with Crippen molar-refractivity contribution in [1.29, 1.82) is 0 Å². The molecule has 0 aromatic heterocycles. The maximum Gasteiger partial charge on any atom is 0.277 e. The van der Waals surface area contributed by atoms with Crippen molar-refractivity contribution in [2.75, 3.05) is 19.6 Å². The van der Waals surface area contributed by atoms with Crippen molar-refractivity contribution >= 4 is 29.0 Å². The third-order valence-corrected chi connectivity index (χ3v) is 5.16. The summed E-state index contributed by atoms with van der Waals surface area (Å²) in [5.41, 5.74) is 1.86. The van der Waals surface area contributed by atoms with E-state index in [4.69, 9.17) is 11.6 Å². The number of amides is 2. The van der Waals surface area contributed by atoms with Gasteiger partial charge in [-0.3, -0.25) is 14.5 Å². The molecule has 1 saturated heterocycles. The SMILES string of the molecule is CCCN1C(=O)C(c2ccc(Cl)cc2)=C(N2CC(C)CC(C)C2)C1=O. The van der Waals surface area contributed by atoms with E-state index in [9.17, 15) is 9.59 Å². The van der Waals surface area contributed by atoms with Crippen LogP contribution < -0.4 is 0 Å². The van der Waals surface area contributed by atoms with E-state index in [1.54, 1.807) is 12.1 Å². The lowest BCUT2D eigenvalue weighted by atomic mass is 9.91. The second-order valence-electron chi connectivity index (χ2n) is 7.34. The van der Waals surface area contributed by atoms with Gasteiger partial charge in [-0.1, -0.05) is 44.5 Å². The summed E-state index contributed by atoms with van der Waals surface area (Å²) in [6, 6.07) is 7.19. The van der Waals surface area contributed by atoms with Gasteiger partial charge >= 0.3 is 0 Å². The van der Waals surface area contributed by atoms with Crippen molar-refractivity contribution in [2.45, 2.75) is 33.6 Å². The minimum atomic E-state index is -0.185. The average Bonchev–Trinajstić information content (AvgIpc) is 2.80. The van der Waals surface area contributed by atoms with Gasteiger partial charge in [-0.2, -0.15) is 0 Å². The van der Waals surface area contributed by atoms with E-state index in [0.717, 1.165) is 31.5 Å². The summed E-state index contributed by atoms with van der Waals surface area (Å²) in [6.45, 7) is 8.47. The Labute approximate surface area is 154 Å². The highest BCUT2D eigenvalue weighted by atomic mass is 35.5. The van der Waals surface area contributed by atoms with Crippen molar-refractivity contribution in [3.63, 3.8) is 0 Å². The molecule has 134 valence electrons. The van der Waals surface area contributed by atoms with E-state index < -0.39 is 0 Å². The Balaban J connectivity index is 2.07. The van der Waals surface area contributed by atoms with Gasteiger partial charge in [0, 0.05) is 24.7 Å². The van der Waals surface area contributed by atoms with Crippen LogP contribution in [0.3, 0.4) is 0 Å². The maximum atomic E-state index is 13.0. The van der Waals surface area contributed by atoms with Gasteiger partial charge in [-0.15, -0.1) is 0 Å². The molecule has 2 unspecified atom stereocenters. The molecular weight excluding hydrogens is 336 g/mol. The monoisotopic (exact) mass is 360 g/mol. The Bertz CT molecular complexity index is 701. The topological polar surface area (TPSA) is 40.6 Å². The third kappa shape index (κ3) is 3.45. The van der Waals surface area contributed by atoms with Gasteiger partial charge < -0.3 is 4.90 Å². The van der Waals surface area contributed by atoms with E-state index in [1.807, 2.05) is 19.1 Å². The van der Waals surface area contributed by atoms with Crippen molar-refractivity contribution in [3.8, 4) is 0 Å². The molecule has 2 heterocycles. The van der Waals surface area contributed by atoms with Gasteiger partial charge in [0.2, 0.25) is 0 Å². The lowest BCUT2D eigenvalue weighted by Crippen LogP contribution is -2.42. The molecule has 2 aliphatic rings. The van der Waals surface area contributed by atoms with Crippen LogP contribution in [0.25, 0.3) is 5.57 Å². The predicted molar refractivity (Wildman–Crippen MR) is 99.9 cm³/mol. The highest BCUT2D eigenvalue weighted by Crippen LogP contribution is 2.35. The summed E-state index contributed by atoms with van der Waals surface area (Å²) in [5.74, 6) is 0.671. The molecule has 5 heteroatoms. The van der Waals surface area contributed by atoms with E-state index in [1.165, 1.54) is 4.90 Å². The summed E-state index contributed by atoms with van der Waals surface area (Å²) < 4.78 is 0. The van der Waals surface area contributed by atoms with Crippen LogP contribution in [-0.4, -0.2) is 41.2 Å². The minimum Gasteiger partial charge on any atom is -0.366 e. The lowest BCUT2D eigenvalue weighted by Gasteiger charge is -2.37. The highest BCUT2D eigenvalue weighted by molar-refractivity contribution is 6.36. The van der Waals surface area contributed by atoms with E-state index >= 15 is 0 Å². The fourth-order valence-corrected chi connectivity index (χ4v) is 4.13. The Kier molecular flexibility index (Phi) is 5.19. The first-order valence-corrected chi connectivity index (χ1v) is 9.41. The molecule has 2 aliphatic heterocycles. The molecule has 1 fully saturated rings. The number of nitrogens with zero attached hydrogens (tertiary/aromatic N) is 2. The zero-order chi connectivity index (χ0) is 18.1. The van der Waals surface area contributed by atoms with Crippen LogP contribution >= 0.6 is 11.6 Å². The van der Waals surface area contributed by atoms with Crippen molar-refractivity contribution in [3.05, 3.63) is 40.5 Å². The number of benzene rings is 1. The maximum absolute atomic E-state index is 13.0. The van der Waals surface area contributed by atoms with Crippen LogP contribution in [0, 0.1) is 11.8 Å². The second-order valence-corrected chi connectivity index (χ2v) is 7.78. The van der Waals surface area contributed by atoms with Gasteiger partial charge in [0.25, 0.3) is 11.8 Å². The molecule has 0 saturated carbocycles. The zero-order valence-electron chi connectivity index (χ0n) is 15.1.